The molecule has 5 heteroatoms. The number of aromatic amines is 1. The van der Waals surface area contributed by atoms with E-state index in [1.807, 2.05) is 12.1 Å². The van der Waals surface area contributed by atoms with Gasteiger partial charge in [0, 0.05) is 24.5 Å². The molecule has 0 unspecified atom stereocenters. The molecule has 0 aliphatic carbocycles. The summed E-state index contributed by atoms with van der Waals surface area (Å²) in [4.78, 5) is 17.1. The van der Waals surface area contributed by atoms with E-state index in [4.69, 9.17) is 5.26 Å². The van der Waals surface area contributed by atoms with Crippen LogP contribution in [-0.4, -0.2) is 22.8 Å². The highest BCUT2D eigenvalue weighted by molar-refractivity contribution is 5.97. The van der Waals surface area contributed by atoms with Crippen LogP contribution in [0.1, 0.15) is 21.6 Å². The lowest BCUT2D eigenvalue weighted by Gasteiger charge is -2.16. The maximum Gasteiger partial charge on any atom is 0.270 e. The molecule has 0 spiro atoms. The fourth-order valence-electron chi connectivity index (χ4n) is 2.45. The van der Waals surface area contributed by atoms with Crippen LogP contribution in [0.25, 0.3) is 10.9 Å². The van der Waals surface area contributed by atoms with Gasteiger partial charge >= 0.3 is 0 Å². The summed E-state index contributed by atoms with van der Waals surface area (Å²) in [6, 6.07) is 15.2. The van der Waals surface area contributed by atoms with E-state index >= 15 is 0 Å². The van der Waals surface area contributed by atoms with Crippen molar-refractivity contribution >= 4 is 16.8 Å². The van der Waals surface area contributed by atoms with Gasteiger partial charge in [-0.15, -0.1) is 0 Å². The van der Waals surface area contributed by atoms with Gasteiger partial charge in [0.2, 0.25) is 0 Å². The molecule has 0 fully saturated rings. The van der Waals surface area contributed by atoms with Crippen molar-refractivity contribution in [1.29, 1.82) is 5.26 Å². The highest BCUT2D eigenvalue weighted by Gasteiger charge is 2.15. The number of H-pyrrole nitrogens is 1. The Morgan fingerprint density at radius 1 is 1.22 bits per heavy atom. The number of nitrogens with zero attached hydrogens (tertiary/aromatic N) is 2. The summed E-state index contributed by atoms with van der Waals surface area (Å²) in [6.45, 7) is 0.425. The number of carbonyl (C=O) groups is 1. The molecule has 0 aliphatic rings. The van der Waals surface area contributed by atoms with Crippen LogP contribution < -0.4 is 0 Å². The van der Waals surface area contributed by atoms with E-state index < -0.39 is 0 Å². The van der Waals surface area contributed by atoms with Gasteiger partial charge in [0.25, 0.3) is 5.91 Å². The van der Waals surface area contributed by atoms with Crippen LogP contribution in [0, 0.1) is 17.1 Å². The Kier molecular flexibility index (Phi) is 3.82. The first-order chi connectivity index (χ1) is 11.1. The highest BCUT2D eigenvalue weighted by Crippen LogP contribution is 2.18. The summed E-state index contributed by atoms with van der Waals surface area (Å²) in [6.07, 6.45) is 0. The predicted octanol–water partition coefficient (Wildman–Crippen LogP) is 3.45. The van der Waals surface area contributed by atoms with E-state index in [2.05, 4.69) is 11.1 Å². The number of amides is 1. The number of benzene rings is 2. The topological polar surface area (TPSA) is 59.9 Å². The molecule has 4 nitrogen and oxygen atoms in total. The first-order valence-electron chi connectivity index (χ1n) is 7.09. The van der Waals surface area contributed by atoms with E-state index in [0.29, 0.717) is 23.2 Å². The molecule has 0 atom stereocenters. The second kappa shape index (κ2) is 5.93. The van der Waals surface area contributed by atoms with Crippen molar-refractivity contribution < 1.29 is 9.18 Å². The zero-order chi connectivity index (χ0) is 16.4. The van der Waals surface area contributed by atoms with Crippen molar-refractivity contribution in [1.82, 2.24) is 9.88 Å². The van der Waals surface area contributed by atoms with Gasteiger partial charge in [-0.3, -0.25) is 4.79 Å². The molecule has 23 heavy (non-hydrogen) atoms. The largest absolute Gasteiger partial charge is 0.351 e. The maximum absolute atomic E-state index is 13.2. The Morgan fingerprint density at radius 3 is 2.65 bits per heavy atom. The zero-order valence-electron chi connectivity index (χ0n) is 12.5. The molecule has 2 aromatic carbocycles. The molecule has 0 bridgehead atoms. The average Bonchev–Trinajstić information content (AvgIpc) is 2.97. The number of halogens is 1. The third kappa shape index (κ3) is 3.06. The van der Waals surface area contributed by atoms with Crippen LogP contribution in [0.4, 0.5) is 4.39 Å². The smallest absolute Gasteiger partial charge is 0.270 e. The van der Waals surface area contributed by atoms with Crippen molar-refractivity contribution in [2.75, 3.05) is 7.05 Å². The van der Waals surface area contributed by atoms with E-state index in [0.717, 1.165) is 11.1 Å². The lowest BCUT2D eigenvalue weighted by molar-refractivity contribution is 0.0780. The van der Waals surface area contributed by atoms with E-state index in [-0.39, 0.29) is 11.7 Å². The molecule has 1 amide bonds. The van der Waals surface area contributed by atoms with Crippen molar-refractivity contribution in [3.63, 3.8) is 0 Å². The zero-order valence-corrected chi connectivity index (χ0v) is 12.5. The standard InChI is InChI=1S/C18H14FN3O/c1-22(11-13-4-2-12(10-20)3-5-13)18(23)17-9-14-8-15(19)6-7-16(14)21-17/h2-9,21H,11H2,1H3. The van der Waals surface area contributed by atoms with Gasteiger partial charge < -0.3 is 9.88 Å². The molecule has 3 aromatic rings. The summed E-state index contributed by atoms with van der Waals surface area (Å²) in [5.74, 6) is -0.507. The molecule has 0 saturated heterocycles. The third-order valence-corrected chi connectivity index (χ3v) is 3.66. The fourth-order valence-corrected chi connectivity index (χ4v) is 2.45. The second-order valence-corrected chi connectivity index (χ2v) is 5.38. The van der Waals surface area contributed by atoms with Crippen LogP contribution in [-0.2, 0) is 6.54 Å². The summed E-state index contributed by atoms with van der Waals surface area (Å²) in [5.41, 5.74) is 2.66. The lowest BCUT2D eigenvalue weighted by Crippen LogP contribution is -2.26. The van der Waals surface area contributed by atoms with Gasteiger partial charge in [-0.05, 0) is 42.0 Å². The second-order valence-electron chi connectivity index (χ2n) is 5.38. The molecule has 1 N–H and O–H groups in total. The first kappa shape index (κ1) is 14.8. The summed E-state index contributed by atoms with van der Waals surface area (Å²) < 4.78 is 13.2. The van der Waals surface area contributed by atoms with Crippen molar-refractivity contribution in [2.24, 2.45) is 0 Å². The third-order valence-electron chi connectivity index (χ3n) is 3.66. The van der Waals surface area contributed by atoms with Crippen molar-refractivity contribution in [3.05, 3.63) is 71.2 Å². The van der Waals surface area contributed by atoms with E-state index in [1.165, 1.54) is 12.1 Å². The number of hydrogen-bond donors (Lipinski definition) is 1. The van der Waals surface area contributed by atoms with E-state index in [9.17, 15) is 9.18 Å². The highest BCUT2D eigenvalue weighted by atomic mass is 19.1. The monoisotopic (exact) mass is 307 g/mol. The van der Waals surface area contributed by atoms with Gasteiger partial charge in [-0.2, -0.15) is 5.26 Å². The van der Waals surface area contributed by atoms with Gasteiger partial charge in [-0.25, -0.2) is 4.39 Å². The number of nitrogens with one attached hydrogen (secondary N) is 1. The SMILES string of the molecule is CN(Cc1ccc(C#N)cc1)C(=O)c1cc2cc(F)ccc2[nH]1. The number of carbonyl (C=O) groups excluding carboxylic acids is 1. The summed E-state index contributed by atoms with van der Waals surface area (Å²) in [7, 11) is 1.70. The van der Waals surface area contributed by atoms with Gasteiger partial charge in [0.15, 0.2) is 0 Å². The Morgan fingerprint density at radius 2 is 1.96 bits per heavy atom. The molecular formula is C18H14FN3O. The van der Waals surface area contributed by atoms with E-state index in [1.54, 1.807) is 36.2 Å². The molecule has 0 saturated carbocycles. The maximum atomic E-state index is 13.2. The minimum atomic E-state index is -0.332. The molecule has 1 aromatic heterocycles. The number of hydrogen-bond acceptors (Lipinski definition) is 2. The molecule has 0 radical (unpaired) electrons. The normalized spacial score (nSPS) is 10.5. The van der Waals surface area contributed by atoms with Crippen LogP contribution in [0.5, 0.6) is 0 Å². The summed E-state index contributed by atoms with van der Waals surface area (Å²) >= 11 is 0. The minimum absolute atomic E-state index is 0.175. The molecule has 1 heterocycles. The Hall–Kier alpha value is -3.13. The van der Waals surface area contributed by atoms with Gasteiger partial charge in [0.1, 0.15) is 11.5 Å². The fraction of sp³-hybridized carbons (Fsp3) is 0.111. The molecular weight excluding hydrogens is 293 g/mol. The van der Waals surface area contributed by atoms with Gasteiger partial charge in [-0.1, -0.05) is 12.1 Å². The average molecular weight is 307 g/mol. The van der Waals surface area contributed by atoms with Crippen molar-refractivity contribution in [3.8, 4) is 6.07 Å². The first-order valence-corrected chi connectivity index (χ1v) is 7.09. The molecule has 0 aliphatic heterocycles. The van der Waals surface area contributed by atoms with Crippen molar-refractivity contribution in [2.45, 2.75) is 6.54 Å². The predicted molar refractivity (Wildman–Crippen MR) is 85.2 cm³/mol. The van der Waals surface area contributed by atoms with Crippen LogP contribution in [0.2, 0.25) is 0 Å². The van der Waals surface area contributed by atoms with Crippen LogP contribution >= 0.6 is 0 Å². The van der Waals surface area contributed by atoms with Crippen LogP contribution in [0.3, 0.4) is 0 Å². The number of rotatable bonds is 3. The number of aromatic nitrogens is 1. The Bertz CT molecular complexity index is 906. The van der Waals surface area contributed by atoms with Gasteiger partial charge in [0.05, 0.1) is 11.6 Å². The Labute approximate surface area is 132 Å². The lowest BCUT2D eigenvalue weighted by atomic mass is 10.1. The number of nitriles is 1. The Balaban J connectivity index is 1.78. The molecule has 114 valence electrons. The molecule has 3 rings (SSSR count). The quantitative estimate of drug-likeness (QED) is 0.805. The summed E-state index contributed by atoms with van der Waals surface area (Å²) in [5, 5.41) is 9.46. The minimum Gasteiger partial charge on any atom is -0.351 e. The van der Waals surface area contributed by atoms with Crippen LogP contribution in [0.15, 0.2) is 48.5 Å². The number of fused-ring (bicyclic) bond motifs is 1.